The van der Waals surface area contributed by atoms with Gasteiger partial charge in [-0.2, -0.15) is 0 Å². The number of fused-ring (bicyclic) bond motifs is 1. The van der Waals surface area contributed by atoms with Crippen molar-refractivity contribution < 1.29 is 17.5 Å². The summed E-state index contributed by atoms with van der Waals surface area (Å²) in [4.78, 5) is 3.48. The van der Waals surface area contributed by atoms with E-state index in [2.05, 4.69) is 15.9 Å². The summed E-state index contributed by atoms with van der Waals surface area (Å²) >= 11 is 8.73. The second kappa shape index (κ2) is 6.27. The molecule has 1 aromatic carbocycles. The Labute approximate surface area is 148 Å². The third kappa shape index (κ3) is 3.11. The van der Waals surface area contributed by atoms with Gasteiger partial charge in [-0.3, -0.25) is 0 Å². The molecule has 2 atom stereocenters. The molecule has 0 bridgehead atoms. The number of benzene rings is 1. The minimum Gasteiger partial charge on any atom is -0.383 e. The van der Waals surface area contributed by atoms with E-state index >= 15 is 0 Å². The van der Waals surface area contributed by atoms with Crippen LogP contribution < -0.4 is 4.90 Å². The molecule has 0 saturated carbocycles. The highest BCUT2D eigenvalue weighted by Crippen LogP contribution is 2.36. The maximum atomic E-state index is 14.4. The van der Waals surface area contributed by atoms with E-state index in [0.717, 1.165) is 0 Å². The van der Waals surface area contributed by atoms with Gasteiger partial charge in [0.15, 0.2) is 14.9 Å². The van der Waals surface area contributed by atoms with E-state index in [1.807, 2.05) is 4.90 Å². The summed E-state index contributed by atoms with van der Waals surface area (Å²) < 4.78 is 44.2. The van der Waals surface area contributed by atoms with E-state index in [1.165, 1.54) is 6.07 Å². The van der Waals surface area contributed by atoms with Gasteiger partial charge >= 0.3 is 0 Å². The SMILES string of the molecule is COCCN1C(=S)N(c2ccc(Br)cc2F)[C@@H]2CS(=O)(=O)C[C@@H]21. The minimum absolute atomic E-state index is 0.0171. The van der Waals surface area contributed by atoms with Crippen molar-refractivity contribution in [2.24, 2.45) is 0 Å². The van der Waals surface area contributed by atoms with Gasteiger partial charge in [0.25, 0.3) is 0 Å². The standard InChI is InChI=1S/C14H16BrFN2O3S2/c1-21-5-4-17-12-7-23(19,20)8-13(12)18(14(17)22)11-3-2-9(15)6-10(11)16/h2-3,6,12-13H,4-5,7-8H2,1H3/t12-,13+/m0/s1. The van der Waals surface area contributed by atoms with Crippen LogP contribution in [0.5, 0.6) is 0 Å². The zero-order chi connectivity index (χ0) is 16.8. The number of nitrogens with zero attached hydrogens (tertiary/aromatic N) is 2. The number of rotatable bonds is 4. The summed E-state index contributed by atoms with van der Waals surface area (Å²) in [5.41, 5.74) is 0.310. The molecule has 2 heterocycles. The van der Waals surface area contributed by atoms with Gasteiger partial charge in [-0.15, -0.1) is 0 Å². The molecular weight excluding hydrogens is 407 g/mol. The predicted octanol–water partition coefficient (Wildman–Crippen LogP) is 1.81. The van der Waals surface area contributed by atoms with Gasteiger partial charge in [0.05, 0.1) is 35.9 Å². The highest BCUT2D eigenvalue weighted by atomic mass is 79.9. The zero-order valence-corrected chi connectivity index (χ0v) is 15.6. The summed E-state index contributed by atoms with van der Waals surface area (Å²) in [6.07, 6.45) is 0. The maximum Gasteiger partial charge on any atom is 0.176 e. The van der Waals surface area contributed by atoms with Crippen LogP contribution >= 0.6 is 28.1 Å². The summed E-state index contributed by atoms with van der Waals surface area (Å²) in [6, 6.07) is 4.07. The fraction of sp³-hybridized carbons (Fsp3) is 0.500. The first-order chi connectivity index (χ1) is 10.8. The molecule has 0 aliphatic carbocycles. The fourth-order valence-corrected chi connectivity index (χ4v) is 5.93. The van der Waals surface area contributed by atoms with Crippen LogP contribution in [0.1, 0.15) is 0 Å². The Bertz CT molecular complexity index is 744. The van der Waals surface area contributed by atoms with Gasteiger partial charge in [0.2, 0.25) is 0 Å². The van der Waals surface area contributed by atoms with Crippen molar-refractivity contribution in [1.82, 2.24) is 4.90 Å². The van der Waals surface area contributed by atoms with Crippen molar-refractivity contribution in [3.8, 4) is 0 Å². The molecule has 0 spiro atoms. The van der Waals surface area contributed by atoms with Gasteiger partial charge in [-0.1, -0.05) is 15.9 Å². The van der Waals surface area contributed by atoms with Crippen LogP contribution in [0.15, 0.2) is 22.7 Å². The lowest BCUT2D eigenvalue weighted by Gasteiger charge is -2.25. The van der Waals surface area contributed by atoms with Crippen molar-refractivity contribution >= 4 is 48.8 Å². The minimum atomic E-state index is -3.16. The summed E-state index contributed by atoms with van der Waals surface area (Å²) in [7, 11) is -1.59. The van der Waals surface area contributed by atoms with Crippen LogP contribution in [0, 0.1) is 5.82 Å². The molecule has 126 valence electrons. The van der Waals surface area contributed by atoms with Crippen molar-refractivity contribution in [2.75, 3.05) is 36.7 Å². The normalized spacial score (nSPS) is 26.0. The van der Waals surface area contributed by atoms with Gasteiger partial charge in [-0.05, 0) is 30.4 Å². The first-order valence-electron chi connectivity index (χ1n) is 7.08. The summed E-state index contributed by atoms with van der Waals surface area (Å²) in [5, 5.41) is 0.452. The van der Waals surface area contributed by atoms with E-state index in [-0.39, 0.29) is 23.6 Å². The van der Waals surface area contributed by atoms with E-state index in [1.54, 1.807) is 24.1 Å². The Morgan fingerprint density at radius 2 is 2.09 bits per heavy atom. The molecule has 2 fully saturated rings. The quantitative estimate of drug-likeness (QED) is 0.689. The number of methoxy groups -OCH3 is 1. The molecule has 0 unspecified atom stereocenters. The van der Waals surface area contributed by atoms with E-state index < -0.39 is 15.7 Å². The van der Waals surface area contributed by atoms with Crippen molar-refractivity contribution in [3.05, 3.63) is 28.5 Å². The molecule has 23 heavy (non-hydrogen) atoms. The van der Waals surface area contributed by atoms with Gasteiger partial charge < -0.3 is 14.5 Å². The molecular formula is C14H16BrFN2O3S2. The number of hydrogen-bond acceptors (Lipinski definition) is 4. The zero-order valence-electron chi connectivity index (χ0n) is 12.4. The molecule has 0 radical (unpaired) electrons. The number of ether oxygens (including phenoxy) is 1. The Morgan fingerprint density at radius 1 is 1.39 bits per heavy atom. The second-order valence-electron chi connectivity index (χ2n) is 5.65. The number of sulfone groups is 1. The molecule has 5 nitrogen and oxygen atoms in total. The van der Waals surface area contributed by atoms with Crippen molar-refractivity contribution in [2.45, 2.75) is 12.1 Å². The monoisotopic (exact) mass is 422 g/mol. The lowest BCUT2D eigenvalue weighted by molar-refractivity contribution is 0.169. The predicted molar refractivity (Wildman–Crippen MR) is 94.0 cm³/mol. The molecule has 2 saturated heterocycles. The lowest BCUT2D eigenvalue weighted by Crippen LogP contribution is -2.39. The average molecular weight is 423 g/mol. The first kappa shape index (κ1) is 17.1. The average Bonchev–Trinajstić information content (AvgIpc) is 2.88. The topological polar surface area (TPSA) is 49.9 Å². The summed E-state index contributed by atoms with van der Waals surface area (Å²) in [6.45, 7) is 0.917. The van der Waals surface area contributed by atoms with Crippen LogP contribution in [-0.2, 0) is 14.6 Å². The third-order valence-corrected chi connectivity index (χ3v) is 6.81. The van der Waals surface area contributed by atoms with E-state index in [9.17, 15) is 12.8 Å². The van der Waals surface area contributed by atoms with Crippen LogP contribution in [0.2, 0.25) is 0 Å². The highest BCUT2D eigenvalue weighted by molar-refractivity contribution is 9.10. The number of hydrogen-bond donors (Lipinski definition) is 0. The maximum absolute atomic E-state index is 14.4. The van der Waals surface area contributed by atoms with Gasteiger partial charge in [-0.25, -0.2) is 12.8 Å². The molecule has 0 N–H and O–H groups in total. The van der Waals surface area contributed by atoms with Crippen LogP contribution in [0.3, 0.4) is 0 Å². The molecule has 2 aliphatic heterocycles. The van der Waals surface area contributed by atoms with E-state index in [4.69, 9.17) is 17.0 Å². The van der Waals surface area contributed by atoms with Crippen LogP contribution in [0.4, 0.5) is 10.1 Å². The smallest absolute Gasteiger partial charge is 0.176 e. The van der Waals surface area contributed by atoms with Crippen molar-refractivity contribution in [1.29, 1.82) is 0 Å². The van der Waals surface area contributed by atoms with Crippen LogP contribution in [-0.4, -0.2) is 62.3 Å². The largest absolute Gasteiger partial charge is 0.383 e. The van der Waals surface area contributed by atoms with Gasteiger partial charge in [0, 0.05) is 18.1 Å². The molecule has 0 aromatic heterocycles. The molecule has 3 rings (SSSR count). The molecule has 9 heteroatoms. The number of thiocarbonyl (C=S) groups is 1. The molecule has 1 aromatic rings. The second-order valence-corrected chi connectivity index (χ2v) is 9.08. The Kier molecular flexibility index (Phi) is 4.65. The fourth-order valence-electron chi connectivity index (χ4n) is 3.19. The Hall–Kier alpha value is -0.770. The van der Waals surface area contributed by atoms with Crippen molar-refractivity contribution in [3.63, 3.8) is 0 Å². The molecule has 0 amide bonds. The number of anilines is 1. The lowest BCUT2D eigenvalue weighted by atomic mass is 10.1. The Morgan fingerprint density at radius 3 is 2.74 bits per heavy atom. The van der Waals surface area contributed by atoms with Crippen LogP contribution in [0.25, 0.3) is 0 Å². The van der Waals surface area contributed by atoms with Gasteiger partial charge in [0.1, 0.15) is 5.82 Å². The molecule has 2 aliphatic rings. The summed E-state index contributed by atoms with van der Waals surface area (Å²) in [5.74, 6) is -0.411. The first-order valence-corrected chi connectivity index (χ1v) is 10.1. The number of halogens is 2. The van der Waals surface area contributed by atoms with E-state index in [0.29, 0.717) is 28.4 Å². The highest BCUT2D eigenvalue weighted by Gasteiger charge is 2.52. The Balaban J connectivity index is 2.00. The third-order valence-electron chi connectivity index (χ3n) is 4.18.